The number of nitrogen functional groups attached to an aromatic ring is 4. The average molecular weight is 505 g/mol. The highest BCUT2D eigenvalue weighted by molar-refractivity contribution is 5.69. The Morgan fingerprint density at radius 3 is 1.46 bits per heavy atom. The molecule has 2 aromatic heterocycles. The van der Waals surface area contributed by atoms with E-state index < -0.39 is 0 Å². The number of hydrogen-bond donors (Lipinski definition) is 6. The van der Waals surface area contributed by atoms with Crippen LogP contribution in [0.25, 0.3) is 0 Å². The summed E-state index contributed by atoms with van der Waals surface area (Å²) in [5.41, 5.74) is 25.2. The summed E-state index contributed by atoms with van der Waals surface area (Å²) in [6, 6.07) is 19.1. The van der Waals surface area contributed by atoms with E-state index in [1.807, 2.05) is 74.5 Å². The zero-order valence-corrected chi connectivity index (χ0v) is 20.8. The molecule has 0 saturated carbocycles. The van der Waals surface area contributed by atoms with Crippen molar-refractivity contribution in [2.75, 3.05) is 46.8 Å². The number of benzene rings is 2. The molecule has 12 nitrogen and oxygen atoms in total. The third-order valence-electron chi connectivity index (χ3n) is 4.66. The van der Waals surface area contributed by atoms with Gasteiger partial charge in [0.25, 0.3) is 0 Å². The minimum Gasteiger partial charge on any atom is -0.476 e. The number of nitrogens with zero attached hydrogens (tertiary/aromatic N) is 4. The lowest BCUT2D eigenvalue weighted by atomic mass is 10.3. The van der Waals surface area contributed by atoms with E-state index in [1.54, 1.807) is 0 Å². The summed E-state index contributed by atoms with van der Waals surface area (Å²) in [4.78, 5) is 16.5. The molecule has 0 aliphatic rings. The van der Waals surface area contributed by atoms with Gasteiger partial charge in [0.2, 0.25) is 23.7 Å². The molecular weight excluding hydrogens is 472 g/mol. The van der Waals surface area contributed by atoms with Crippen LogP contribution in [-0.2, 0) is 0 Å². The molecule has 0 aliphatic heterocycles. The molecule has 4 aromatic rings. The predicted octanol–water partition coefficient (Wildman–Crippen LogP) is 3.96. The molecule has 4 rings (SSSR count). The van der Waals surface area contributed by atoms with Gasteiger partial charge < -0.3 is 43.0 Å². The Kier molecular flexibility index (Phi) is 9.48. The molecule has 0 radical (unpaired) electrons. The number of para-hydroxylation sites is 2. The van der Waals surface area contributed by atoms with Crippen LogP contribution >= 0.6 is 0 Å². The normalized spacial score (nSPS) is 10.1. The molecule has 0 saturated heterocycles. The molecule has 0 spiro atoms. The van der Waals surface area contributed by atoms with Crippen LogP contribution < -0.4 is 43.0 Å². The summed E-state index contributed by atoms with van der Waals surface area (Å²) >= 11 is 0. The van der Waals surface area contributed by atoms with Gasteiger partial charge in [0.05, 0.1) is 13.2 Å². The number of ether oxygens (including phenoxy) is 2. The minimum atomic E-state index is 0.201. The lowest BCUT2D eigenvalue weighted by molar-refractivity contribution is 0.307. The van der Waals surface area contributed by atoms with Gasteiger partial charge in [0, 0.05) is 11.4 Å². The van der Waals surface area contributed by atoms with Gasteiger partial charge in [-0.2, -0.15) is 19.9 Å². The second-order valence-electron chi connectivity index (χ2n) is 7.57. The summed E-state index contributed by atoms with van der Waals surface area (Å²) in [6.07, 6.45) is 0.866. The van der Waals surface area contributed by atoms with Crippen molar-refractivity contribution in [3.63, 3.8) is 0 Å². The maximum atomic E-state index is 5.78. The van der Waals surface area contributed by atoms with Crippen LogP contribution in [-0.4, -0.2) is 33.1 Å². The Balaban J connectivity index is 0.000000206. The molecule has 0 unspecified atom stereocenters. The number of nitrogens with one attached hydrogen (secondary N) is 2. The number of nitrogens with two attached hydrogens (primary N) is 4. The number of anilines is 8. The van der Waals surface area contributed by atoms with Crippen LogP contribution in [0.5, 0.6) is 11.8 Å². The van der Waals surface area contributed by atoms with Gasteiger partial charge in [-0.05, 0) is 37.6 Å². The van der Waals surface area contributed by atoms with E-state index in [1.165, 1.54) is 0 Å². The standard InChI is InChI=1S/C13H17N5O.C12H15N5O/c1-2-8-19-12-10(14)11(15)17-13(18-12)16-9-6-4-3-5-7-9;1-2-18-11-9(13)10(14)16-12(17-11)15-8-6-4-3-5-7-8/h3-7H,2,8,14H2,1H3,(H3,15,16,17,18);3-7H,2,13H2,1H3,(H3,14,15,16,17). The summed E-state index contributed by atoms with van der Waals surface area (Å²) in [5, 5.41) is 6.08. The molecule has 2 aromatic carbocycles. The fourth-order valence-electron chi connectivity index (χ4n) is 2.90. The fourth-order valence-corrected chi connectivity index (χ4v) is 2.90. The summed E-state index contributed by atoms with van der Waals surface area (Å²) in [7, 11) is 0. The van der Waals surface area contributed by atoms with Gasteiger partial charge >= 0.3 is 0 Å². The molecule has 0 amide bonds. The van der Waals surface area contributed by atoms with Gasteiger partial charge in [-0.3, -0.25) is 0 Å². The second-order valence-corrected chi connectivity index (χ2v) is 7.57. The van der Waals surface area contributed by atoms with E-state index in [0.717, 1.165) is 17.8 Å². The maximum Gasteiger partial charge on any atom is 0.244 e. The molecule has 12 heteroatoms. The van der Waals surface area contributed by atoms with Gasteiger partial charge in [-0.25, -0.2) is 0 Å². The quantitative estimate of drug-likeness (QED) is 0.192. The second kappa shape index (κ2) is 13.2. The zero-order valence-electron chi connectivity index (χ0n) is 20.8. The van der Waals surface area contributed by atoms with Gasteiger partial charge in [-0.15, -0.1) is 0 Å². The van der Waals surface area contributed by atoms with Crippen LogP contribution in [0.4, 0.5) is 46.3 Å². The van der Waals surface area contributed by atoms with E-state index in [9.17, 15) is 0 Å². The molecule has 0 fully saturated rings. The highest BCUT2D eigenvalue weighted by Gasteiger charge is 2.11. The van der Waals surface area contributed by atoms with Crippen LogP contribution in [0.2, 0.25) is 0 Å². The van der Waals surface area contributed by atoms with Crippen molar-refractivity contribution >= 4 is 46.3 Å². The lowest BCUT2D eigenvalue weighted by Crippen LogP contribution is -2.08. The molecule has 0 bridgehead atoms. The average Bonchev–Trinajstić information content (AvgIpc) is 2.90. The van der Waals surface area contributed by atoms with E-state index in [2.05, 4.69) is 30.6 Å². The first-order valence-electron chi connectivity index (χ1n) is 11.7. The van der Waals surface area contributed by atoms with Crippen molar-refractivity contribution < 1.29 is 9.47 Å². The molecular formula is C25H32N10O2. The number of hydrogen-bond acceptors (Lipinski definition) is 12. The minimum absolute atomic E-state index is 0.201. The van der Waals surface area contributed by atoms with Crippen molar-refractivity contribution in [1.29, 1.82) is 0 Å². The highest BCUT2D eigenvalue weighted by atomic mass is 16.5. The van der Waals surface area contributed by atoms with Crippen LogP contribution in [0.15, 0.2) is 60.7 Å². The molecule has 0 atom stereocenters. The summed E-state index contributed by atoms with van der Waals surface area (Å²) in [6.45, 7) is 4.85. The topological polar surface area (TPSA) is 198 Å². The molecule has 37 heavy (non-hydrogen) atoms. The fraction of sp³-hybridized carbons (Fsp3) is 0.200. The number of aromatic nitrogens is 4. The summed E-state index contributed by atoms with van der Waals surface area (Å²) in [5.74, 6) is 1.74. The zero-order chi connectivity index (χ0) is 26.6. The van der Waals surface area contributed by atoms with E-state index in [4.69, 9.17) is 32.4 Å². The largest absolute Gasteiger partial charge is 0.476 e. The van der Waals surface area contributed by atoms with Crippen LogP contribution in [0.1, 0.15) is 20.3 Å². The monoisotopic (exact) mass is 504 g/mol. The van der Waals surface area contributed by atoms with Crippen molar-refractivity contribution in [2.24, 2.45) is 0 Å². The first kappa shape index (κ1) is 26.6. The Labute approximate surface area is 215 Å². The SMILES string of the molecule is CCCOc1nc(Nc2ccccc2)nc(N)c1N.CCOc1nc(Nc2ccccc2)nc(N)c1N. The Bertz CT molecular complexity index is 1270. The van der Waals surface area contributed by atoms with Crippen molar-refractivity contribution in [3.05, 3.63) is 60.7 Å². The molecule has 2 heterocycles. The molecule has 0 aliphatic carbocycles. The smallest absolute Gasteiger partial charge is 0.244 e. The van der Waals surface area contributed by atoms with Gasteiger partial charge in [0.1, 0.15) is 11.4 Å². The predicted molar refractivity (Wildman–Crippen MR) is 148 cm³/mol. The third kappa shape index (κ3) is 7.75. The van der Waals surface area contributed by atoms with E-state index in [0.29, 0.717) is 36.9 Å². The Morgan fingerprint density at radius 1 is 0.622 bits per heavy atom. The van der Waals surface area contributed by atoms with Crippen molar-refractivity contribution in [2.45, 2.75) is 20.3 Å². The molecule has 194 valence electrons. The van der Waals surface area contributed by atoms with Crippen LogP contribution in [0.3, 0.4) is 0 Å². The molecule has 10 N–H and O–H groups in total. The number of rotatable bonds is 9. The lowest BCUT2D eigenvalue weighted by Gasteiger charge is -2.11. The third-order valence-corrected chi connectivity index (χ3v) is 4.66. The Hall–Kier alpha value is -5.00. The van der Waals surface area contributed by atoms with Gasteiger partial charge in [-0.1, -0.05) is 43.3 Å². The van der Waals surface area contributed by atoms with Crippen LogP contribution in [0, 0.1) is 0 Å². The van der Waals surface area contributed by atoms with Crippen molar-refractivity contribution in [1.82, 2.24) is 19.9 Å². The maximum absolute atomic E-state index is 5.78. The summed E-state index contributed by atoms with van der Waals surface area (Å²) < 4.78 is 10.7. The van der Waals surface area contributed by atoms with Crippen molar-refractivity contribution in [3.8, 4) is 11.8 Å². The van der Waals surface area contributed by atoms with Gasteiger partial charge in [0.15, 0.2) is 11.6 Å². The van der Waals surface area contributed by atoms with E-state index in [-0.39, 0.29) is 23.0 Å². The highest BCUT2D eigenvalue weighted by Crippen LogP contribution is 2.27. The Morgan fingerprint density at radius 2 is 1.05 bits per heavy atom. The van der Waals surface area contributed by atoms with E-state index >= 15 is 0 Å². The first-order valence-corrected chi connectivity index (χ1v) is 11.7. The first-order chi connectivity index (χ1) is 17.9.